The van der Waals surface area contributed by atoms with Crippen molar-refractivity contribution in [2.24, 2.45) is 5.73 Å². The van der Waals surface area contributed by atoms with E-state index in [0.717, 1.165) is 22.3 Å². The van der Waals surface area contributed by atoms with Crippen LogP contribution in [0.2, 0.25) is 5.02 Å². The zero-order valence-corrected chi connectivity index (χ0v) is 15.6. The maximum absolute atomic E-state index is 13.4. The van der Waals surface area contributed by atoms with Gasteiger partial charge in [-0.3, -0.25) is 9.78 Å². The normalized spacial score (nSPS) is 10.7. The van der Waals surface area contributed by atoms with Crippen LogP contribution in [0, 0.1) is 12.7 Å². The molecule has 3 rings (SSSR count). The molecule has 0 unspecified atom stereocenters. The van der Waals surface area contributed by atoms with Crippen molar-refractivity contribution in [3.8, 4) is 11.1 Å². The van der Waals surface area contributed by atoms with E-state index in [4.69, 9.17) is 17.3 Å². The van der Waals surface area contributed by atoms with Crippen molar-refractivity contribution in [2.45, 2.75) is 20.0 Å². The average molecular weight is 384 g/mol. The van der Waals surface area contributed by atoms with Gasteiger partial charge < -0.3 is 11.1 Å². The van der Waals surface area contributed by atoms with Gasteiger partial charge in [0.1, 0.15) is 5.82 Å². The Morgan fingerprint density at radius 1 is 1.19 bits per heavy atom. The second-order valence-electron chi connectivity index (χ2n) is 6.27. The molecule has 1 aromatic heterocycles. The Balaban J connectivity index is 1.86. The Morgan fingerprint density at radius 3 is 2.70 bits per heavy atom. The van der Waals surface area contributed by atoms with Crippen molar-refractivity contribution < 1.29 is 9.18 Å². The van der Waals surface area contributed by atoms with Crippen LogP contribution >= 0.6 is 11.6 Å². The topological polar surface area (TPSA) is 68.0 Å². The third-order valence-corrected chi connectivity index (χ3v) is 4.43. The third-order valence-electron chi connectivity index (χ3n) is 4.22. The molecule has 1 amide bonds. The minimum absolute atomic E-state index is 0.171. The van der Waals surface area contributed by atoms with E-state index in [0.29, 0.717) is 22.7 Å². The summed E-state index contributed by atoms with van der Waals surface area (Å²) in [6.07, 6.45) is 3.49. The van der Waals surface area contributed by atoms with E-state index >= 15 is 0 Å². The van der Waals surface area contributed by atoms with Crippen LogP contribution in [0.15, 0.2) is 54.9 Å². The van der Waals surface area contributed by atoms with Crippen LogP contribution in [0.25, 0.3) is 11.1 Å². The molecule has 3 N–H and O–H groups in total. The molecule has 4 nitrogen and oxygen atoms in total. The molecule has 0 aliphatic rings. The lowest BCUT2D eigenvalue weighted by Crippen LogP contribution is -2.23. The molecule has 2 aromatic carbocycles. The minimum Gasteiger partial charge on any atom is -0.348 e. The number of aryl methyl sites for hydroxylation is 1. The lowest BCUT2D eigenvalue weighted by molar-refractivity contribution is 0.0951. The summed E-state index contributed by atoms with van der Waals surface area (Å²) >= 11 is 5.85. The van der Waals surface area contributed by atoms with Crippen molar-refractivity contribution in [1.29, 1.82) is 0 Å². The third kappa shape index (κ3) is 4.70. The smallest absolute Gasteiger partial charge is 0.251 e. The number of hydrogen-bond acceptors (Lipinski definition) is 3. The molecule has 0 aliphatic heterocycles. The monoisotopic (exact) mass is 383 g/mol. The highest BCUT2D eigenvalue weighted by Gasteiger charge is 2.11. The Kier molecular flexibility index (Phi) is 5.84. The first-order valence-corrected chi connectivity index (χ1v) is 8.82. The number of benzene rings is 2. The number of nitrogens with two attached hydrogens (primary N) is 1. The van der Waals surface area contributed by atoms with E-state index in [2.05, 4.69) is 10.3 Å². The molecule has 27 heavy (non-hydrogen) atoms. The molecule has 0 radical (unpaired) electrons. The van der Waals surface area contributed by atoms with E-state index in [-0.39, 0.29) is 12.5 Å². The predicted octanol–water partition coefficient (Wildman–Crippen LogP) is 4.24. The van der Waals surface area contributed by atoms with E-state index < -0.39 is 5.82 Å². The zero-order chi connectivity index (χ0) is 19.4. The van der Waals surface area contributed by atoms with E-state index in [9.17, 15) is 9.18 Å². The Bertz CT molecular complexity index is 971. The second kappa shape index (κ2) is 8.29. The van der Waals surface area contributed by atoms with Gasteiger partial charge >= 0.3 is 0 Å². The molecule has 6 heteroatoms. The van der Waals surface area contributed by atoms with Crippen molar-refractivity contribution in [2.75, 3.05) is 0 Å². The molecule has 1 heterocycles. The summed E-state index contributed by atoms with van der Waals surface area (Å²) < 4.78 is 13.4. The summed E-state index contributed by atoms with van der Waals surface area (Å²) in [6, 6.07) is 11.6. The maximum Gasteiger partial charge on any atom is 0.251 e. The fourth-order valence-electron chi connectivity index (χ4n) is 2.86. The van der Waals surface area contributed by atoms with Gasteiger partial charge in [-0.2, -0.15) is 0 Å². The van der Waals surface area contributed by atoms with Gasteiger partial charge in [0.2, 0.25) is 0 Å². The van der Waals surface area contributed by atoms with Crippen molar-refractivity contribution in [1.82, 2.24) is 10.3 Å². The van der Waals surface area contributed by atoms with E-state index in [1.54, 1.807) is 30.6 Å². The zero-order valence-electron chi connectivity index (χ0n) is 14.8. The van der Waals surface area contributed by atoms with Gasteiger partial charge in [-0.1, -0.05) is 11.6 Å². The Labute approximate surface area is 162 Å². The van der Waals surface area contributed by atoms with Crippen LogP contribution in [0.3, 0.4) is 0 Å². The van der Waals surface area contributed by atoms with Gasteiger partial charge in [0, 0.05) is 41.6 Å². The lowest BCUT2D eigenvalue weighted by atomic mass is 9.97. The average Bonchev–Trinajstić information content (AvgIpc) is 2.65. The standard InChI is InChI=1S/C21H19ClFN3O/c1-13-2-3-25-12-20(13)16-4-14(10-24)5-17(8-16)21(27)26-11-15-6-18(22)9-19(23)7-15/h2-9,12H,10-11,24H2,1H3,(H,26,27). The van der Waals surface area contributed by atoms with Crippen molar-refractivity contribution in [3.63, 3.8) is 0 Å². The number of amides is 1. The highest BCUT2D eigenvalue weighted by molar-refractivity contribution is 6.30. The number of carbonyl (C=O) groups excluding carboxylic acids is 1. The molecule has 0 atom stereocenters. The van der Waals surface area contributed by atoms with E-state index in [1.165, 1.54) is 12.1 Å². The fourth-order valence-corrected chi connectivity index (χ4v) is 3.10. The van der Waals surface area contributed by atoms with Crippen molar-refractivity contribution in [3.05, 3.63) is 88.0 Å². The highest BCUT2D eigenvalue weighted by atomic mass is 35.5. The lowest BCUT2D eigenvalue weighted by Gasteiger charge is -2.11. The van der Waals surface area contributed by atoms with Gasteiger partial charge in [0.05, 0.1) is 0 Å². The molecule has 3 aromatic rings. The predicted molar refractivity (Wildman–Crippen MR) is 105 cm³/mol. The van der Waals surface area contributed by atoms with Crippen LogP contribution in [-0.2, 0) is 13.1 Å². The summed E-state index contributed by atoms with van der Waals surface area (Å²) in [5, 5.41) is 3.08. The summed E-state index contributed by atoms with van der Waals surface area (Å²) in [7, 11) is 0. The molecule has 0 fully saturated rings. The van der Waals surface area contributed by atoms with Crippen LogP contribution < -0.4 is 11.1 Å². The molecule has 0 bridgehead atoms. The number of nitrogens with one attached hydrogen (secondary N) is 1. The summed E-state index contributed by atoms with van der Waals surface area (Å²) in [5.74, 6) is -0.709. The largest absolute Gasteiger partial charge is 0.348 e. The molecule has 0 spiro atoms. The Hall–Kier alpha value is -2.76. The van der Waals surface area contributed by atoms with Crippen LogP contribution in [0.5, 0.6) is 0 Å². The van der Waals surface area contributed by atoms with Gasteiger partial charge in [0.25, 0.3) is 5.91 Å². The first-order valence-electron chi connectivity index (χ1n) is 8.44. The van der Waals surface area contributed by atoms with Crippen LogP contribution in [-0.4, -0.2) is 10.9 Å². The van der Waals surface area contributed by atoms with Gasteiger partial charge in [-0.05, 0) is 71.6 Å². The Morgan fingerprint density at radius 2 is 2.00 bits per heavy atom. The fraction of sp³-hybridized carbons (Fsp3) is 0.143. The number of aromatic nitrogens is 1. The number of halogens is 2. The number of carbonyl (C=O) groups is 1. The number of nitrogens with zero attached hydrogens (tertiary/aromatic N) is 1. The summed E-state index contributed by atoms with van der Waals surface area (Å²) in [5.41, 5.74) is 10.6. The molecule has 0 saturated carbocycles. The summed E-state index contributed by atoms with van der Waals surface area (Å²) in [4.78, 5) is 16.8. The first-order chi connectivity index (χ1) is 13.0. The first kappa shape index (κ1) is 19.0. The maximum atomic E-state index is 13.4. The number of hydrogen-bond donors (Lipinski definition) is 2. The van der Waals surface area contributed by atoms with Crippen LogP contribution in [0.4, 0.5) is 4.39 Å². The van der Waals surface area contributed by atoms with Gasteiger partial charge in [-0.15, -0.1) is 0 Å². The van der Waals surface area contributed by atoms with Crippen molar-refractivity contribution >= 4 is 17.5 Å². The van der Waals surface area contributed by atoms with E-state index in [1.807, 2.05) is 19.1 Å². The quantitative estimate of drug-likeness (QED) is 0.692. The number of rotatable bonds is 5. The van der Waals surface area contributed by atoms with Gasteiger partial charge in [0.15, 0.2) is 0 Å². The van der Waals surface area contributed by atoms with Crippen LogP contribution in [0.1, 0.15) is 27.0 Å². The molecular formula is C21H19ClFN3O. The molecule has 0 aliphatic carbocycles. The SMILES string of the molecule is Cc1ccncc1-c1cc(CN)cc(C(=O)NCc2cc(F)cc(Cl)c2)c1. The number of pyridine rings is 1. The molecule has 0 saturated heterocycles. The molecule has 138 valence electrons. The van der Waals surface area contributed by atoms with Gasteiger partial charge in [-0.25, -0.2) is 4.39 Å². The highest BCUT2D eigenvalue weighted by Crippen LogP contribution is 2.25. The second-order valence-corrected chi connectivity index (χ2v) is 6.71. The minimum atomic E-state index is -0.439. The summed E-state index contributed by atoms with van der Waals surface area (Å²) in [6.45, 7) is 2.47. The molecular weight excluding hydrogens is 365 g/mol.